The Hall–Kier alpha value is -1.02. The zero-order valence-corrected chi connectivity index (χ0v) is 8.86. The van der Waals surface area contributed by atoms with Gasteiger partial charge in [-0.1, -0.05) is 25.2 Å². The Bertz CT molecular complexity index is 301. The van der Waals surface area contributed by atoms with Crippen molar-refractivity contribution in [1.82, 2.24) is 4.90 Å². The monoisotopic (exact) mass is 191 g/mol. The molecule has 0 aromatic heterocycles. The maximum Gasteiger partial charge on any atom is 0.123 e. The molecule has 0 spiro atoms. The van der Waals surface area contributed by atoms with E-state index in [4.69, 9.17) is 4.74 Å². The molecule has 2 heteroatoms. The summed E-state index contributed by atoms with van der Waals surface area (Å²) in [5, 5.41) is 0. The molecule has 0 aromatic carbocycles. The SMILES string of the molecule is CC1C=CC2=C(C=C1)OCCN(C)C2. The van der Waals surface area contributed by atoms with E-state index in [1.54, 1.807) is 0 Å². The van der Waals surface area contributed by atoms with E-state index in [-0.39, 0.29) is 0 Å². The Balaban J connectivity index is 2.25. The van der Waals surface area contributed by atoms with Crippen LogP contribution in [0.15, 0.2) is 35.6 Å². The third-order valence-electron chi connectivity index (χ3n) is 2.64. The van der Waals surface area contributed by atoms with E-state index in [0.717, 1.165) is 25.5 Å². The number of nitrogens with zero attached hydrogens (tertiary/aromatic N) is 1. The summed E-state index contributed by atoms with van der Waals surface area (Å²) in [4.78, 5) is 2.29. The Morgan fingerprint density at radius 3 is 3.00 bits per heavy atom. The predicted octanol–water partition coefficient (Wildman–Crippen LogP) is 1.96. The summed E-state index contributed by atoms with van der Waals surface area (Å²) in [6, 6.07) is 0. The van der Waals surface area contributed by atoms with Crippen molar-refractivity contribution in [1.29, 1.82) is 0 Å². The van der Waals surface area contributed by atoms with Gasteiger partial charge in [0.1, 0.15) is 12.4 Å². The number of hydrogen-bond donors (Lipinski definition) is 0. The van der Waals surface area contributed by atoms with E-state index in [2.05, 4.69) is 43.2 Å². The Morgan fingerprint density at radius 2 is 2.14 bits per heavy atom. The number of likely N-dealkylation sites (N-methyl/N-ethyl adjacent to an activating group) is 1. The fourth-order valence-corrected chi connectivity index (χ4v) is 1.71. The van der Waals surface area contributed by atoms with Crippen molar-refractivity contribution in [3.8, 4) is 0 Å². The molecule has 0 fully saturated rings. The molecule has 1 aliphatic carbocycles. The molecule has 2 nitrogen and oxygen atoms in total. The van der Waals surface area contributed by atoms with Crippen molar-refractivity contribution in [3.63, 3.8) is 0 Å². The Labute approximate surface area is 85.5 Å². The molecule has 14 heavy (non-hydrogen) atoms. The molecular formula is C12H17NO. The molecule has 1 heterocycles. The number of rotatable bonds is 0. The van der Waals surface area contributed by atoms with Crippen molar-refractivity contribution in [2.45, 2.75) is 6.92 Å². The lowest BCUT2D eigenvalue weighted by Gasteiger charge is -2.11. The summed E-state index contributed by atoms with van der Waals surface area (Å²) in [6.45, 7) is 4.97. The van der Waals surface area contributed by atoms with Gasteiger partial charge >= 0.3 is 0 Å². The fraction of sp³-hybridized carbons (Fsp3) is 0.500. The number of ether oxygens (including phenoxy) is 1. The van der Waals surface area contributed by atoms with Crippen LogP contribution in [-0.4, -0.2) is 31.6 Å². The van der Waals surface area contributed by atoms with E-state index < -0.39 is 0 Å². The van der Waals surface area contributed by atoms with Gasteiger partial charge in [0.05, 0.1) is 0 Å². The molecule has 0 aromatic rings. The van der Waals surface area contributed by atoms with Crippen molar-refractivity contribution in [2.75, 3.05) is 26.7 Å². The number of hydrogen-bond acceptors (Lipinski definition) is 2. The quantitative estimate of drug-likeness (QED) is 0.580. The second kappa shape index (κ2) is 4.01. The highest BCUT2D eigenvalue weighted by Gasteiger charge is 2.13. The number of allylic oxidation sites excluding steroid dienone is 3. The fourth-order valence-electron chi connectivity index (χ4n) is 1.71. The van der Waals surface area contributed by atoms with E-state index in [1.807, 2.05) is 0 Å². The molecule has 76 valence electrons. The van der Waals surface area contributed by atoms with Gasteiger partial charge < -0.3 is 4.74 Å². The van der Waals surface area contributed by atoms with Crippen molar-refractivity contribution >= 4 is 0 Å². The molecule has 1 aliphatic heterocycles. The van der Waals surface area contributed by atoms with Crippen LogP contribution in [0.25, 0.3) is 0 Å². The van der Waals surface area contributed by atoms with Crippen LogP contribution < -0.4 is 0 Å². The first-order valence-corrected chi connectivity index (χ1v) is 5.16. The zero-order chi connectivity index (χ0) is 9.97. The van der Waals surface area contributed by atoms with E-state index in [1.165, 1.54) is 5.57 Å². The molecule has 0 amide bonds. The van der Waals surface area contributed by atoms with Gasteiger partial charge in [-0.2, -0.15) is 0 Å². The highest BCUT2D eigenvalue weighted by molar-refractivity contribution is 5.34. The van der Waals surface area contributed by atoms with Crippen LogP contribution in [0.4, 0.5) is 0 Å². The predicted molar refractivity (Wildman–Crippen MR) is 57.9 cm³/mol. The second-order valence-corrected chi connectivity index (χ2v) is 4.05. The van der Waals surface area contributed by atoms with E-state index in [9.17, 15) is 0 Å². The molecule has 0 N–H and O–H groups in total. The topological polar surface area (TPSA) is 12.5 Å². The third-order valence-corrected chi connectivity index (χ3v) is 2.64. The summed E-state index contributed by atoms with van der Waals surface area (Å²) >= 11 is 0. The minimum atomic E-state index is 0.510. The van der Waals surface area contributed by atoms with Crippen LogP contribution in [0.2, 0.25) is 0 Å². The summed E-state index contributed by atoms with van der Waals surface area (Å²) in [5.41, 5.74) is 1.30. The molecule has 1 atom stereocenters. The largest absolute Gasteiger partial charge is 0.492 e. The van der Waals surface area contributed by atoms with Crippen molar-refractivity contribution < 1.29 is 4.74 Å². The minimum absolute atomic E-state index is 0.510. The molecule has 0 bridgehead atoms. The van der Waals surface area contributed by atoms with Crippen LogP contribution in [-0.2, 0) is 4.74 Å². The maximum atomic E-state index is 5.71. The summed E-state index contributed by atoms with van der Waals surface area (Å²) < 4.78 is 5.71. The molecule has 0 saturated heterocycles. The average molecular weight is 191 g/mol. The normalized spacial score (nSPS) is 28.0. The van der Waals surface area contributed by atoms with Crippen LogP contribution in [0.1, 0.15) is 6.92 Å². The van der Waals surface area contributed by atoms with Gasteiger partial charge in [-0.3, -0.25) is 4.90 Å². The molecule has 0 radical (unpaired) electrons. The third kappa shape index (κ3) is 2.07. The van der Waals surface area contributed by atoms with Gasteiger partial charge in [-0.25, -0.2) is 0 Å². The second-order valence-electron chi connectivity index (χ2n) is 4.05. The smallest absolute Gasteiger partial charge is 0.123 e. The summed E-state index contributed by atoms with van der Waals surface area (Å²) in [7, 11) is 2.13. The average Bonchev–Trinajstić information content (AvgIpc) is 2.41. The van der Waals surface area contributed by atoms with E-state index >= 15 is 0 Å². The summed E-state index contributed by atoms with van der Waals surface area (Å²) in [6.07, 6.45) is 8.71. The lowest BCUT2D eigenvalue weighted by atomic mass is 10.1. The van der Waals surface area contributed by atoms with Crippen molar-refractivity contribution in [3.05, 3.63) is 35.6 Å². The van der Waals surface area contributed by atoms with Gasteiger partial charge in [0, 0.05) is 18.7 Å². The minimum Gasteiger partial charge on any atom is -0.492 e. The van der Waals surface area contributed by atoms with Crippen LogP contribution >= 0.6 is 0 Å². The lowest BCUT2D eigenvalue weighted by Crippen LogP contribution is -2.22. The molecule has 2 aliphatic rings. The van der Waals surface area contributed by atoms with Gasteiger partial charge in [0.15, 0.2) is 0 Å². The first kappa shape index (κ1) is 9.53. The molecule has 1 unspecified atom stereocenters. The standard InChI is InChI=1S/C12H17NO/c1-10-3-5-11-9-13(2)7-8-14-12(11)6-4-10/h3-6,10H,7-9H2,1-2H3. The van der Waals surface area contributed by atoms with Gasteiger partial charge in [0.2, 0.25) is 0 Å². The Morgan fingerprint density at radius 1 is 1.36 bits per heavy atom. The van der Waals surface area contributed by atoms with Crippen molar-refractivity contribution in [2.24, 2.45) is 5.92 Å². The molecule has 2 rings (SSSR count). The van der Waals surface area contributed by atoms with Crippen LogP contribution in [0.5, 0.6) is 0 Å². The zero-order valence-electron chi connectivity index (χ0n) is 8.86. The highest BCUT2D eigenvalue weighted by atomic mass is 16.5. The van der Waals surface area contributed by atoms with Gasteiger partial charge in [-0.05, 0) is 19.0 Å². The van der Waals surface area contributed by atoms with E-state index in [0.29, 0.717) is 5.92 Å². The summed E-state index contributed by atoms with van der Waals surface area (Å²) in [5.74, 6) is 1.56. The Kier molecular flexibility index (Phi) is 2.73. The first-order valence-electron chi connectivity index (χ1n) is 5.16. The molecular weight excluding hydrogens is 174 g/mol. The highest BCUT2D eigenvalue weighted by Crippen LogP contribution is 2.19. The van der Waals surface area contributed by atoms with Crippen LogP contribution in [0, 0.1) is 5.92 Å². The van der Waals surface area contributed by atoms with Crippen LogP contribution in [0.3, 0.4) is 0 Å². The van der Waals surface area contributed by atoms with Gasteiger partial charge in [-0.15, -0.1) is 0 Å². The van der Waals surface area contributed by atoms with Gasteiger partial charge in [0.25, 0.3) is 0 Å². The lowest BCUT2D eigenvalue weighted by molar-refractivity contribution is 0.202. The maximum absolute atomic E-state index is 5.71. The first-order chi connectivity index (χ1) is 6.75. The molecule has 0 saturated carbocycles.